The molecule has 0 amide bonds. The summed E-state index contributed by atoms with van der Waals surface area (Å²) in [6.07, 6.45) is 1.40. The molecule has 0 fully saturated rings. The van der Waals surface area contributed by atoms with Crippen molar-refractivity contribution < 1.29 is 19.4 Å². The van der Waals surface area contributed by atoms with Crippen molar-refractivity contribution >= 4 is 17.8 Å². The lowest BCUT2D eigenvalue weighted by atomic mass is 10.0. The van der Waals surface area contributed by atoms with Crippen LogP contribution in [0.5, 0.6) is 5.75 Å². The zero-order valence-electron chi connectivity index (χ0n) is 13.0. The van der Waals surface area contributed by atoms with Crippen LogP contribution in [0.2, 0.25) is 0 Å². The van der Waals surface area contributed by atoms with Crippen molar-refractivity contribution in [1.82, 2.24) is 0 Å². The Balaban J connectivity index is 2.36. The second kappa shape index (κ2) is 7.75. The number of ketones is 1. The molecule has 0 spiro atoms. The first-order valence-corrected chi connectivity index (χ1v) is 7.18. The van der Waals surface area contributed by atoms with Gasteiger partial charge in [0.2, 0.25) is 5.78 Å². The number of hydrogen-bond donors (Lipinski definition) is 1. The Morgan fingerprint density at radius 3 is 2.62 bits per heavy atom. The number of allylic oxidation sites excluding steroid dienone is 1. The first-order chi connectivity index (χ1) is 11.5. The van der Waals surface area contributed by atoms with Gasteiger partial charge in [0.05, 0.1) is 0 Å². The van der Waals surface area contributed by atoms with Gasteiger partial charge in [-0.3, -0.25) is 4.79 Å². The standard InChI is InChI=1S/C19H15NO4/c1-13-5-4-7-15(9-13)19(23)16(11-20)10-14-6-2-3-8-17(14)24-12-18(21)22/h2-10H,12H2,1H3,(H,21,22)/b16-10+. The molecule has 2 aromatic rings. The third-order valence-corrected chi connectivity index (χ3v) is 3.22. The predicted octanol–water partition coefficient (Wildman–Crippen LogP) is 3.25. The lowest BCUT2D eigenvalue weighted by Gasteiger charge is -2.07. The summed E-state index contributed by atoms with van der Waals surface area (Å²) < 4.78 is 5.18. The van der Waals surface area contributed by atoms with Gasteiger partial charge in [0.1, 0.15) is 17.4 Å². The van der Waals surface area contributed by atoms with E-state index in [1.165, 1.54) is 6.08 Å². The summed E-state index contributed by atoms with van der Waals surface area (Å²) in [5.41, 5.74) is 1.76. The number of aryl methyl sites for hydroxylation is 1. The number of carboxylic acid groups (broad SMARTS) is 1. The van der Waals surface area contributed by atoms with Gasteiger partial charge in [-0.25, -0.2) is 4.79 Å². The Hall–Kier alpha value is -3.39. The smallest absolute Gasteiger partial charge is 0.341 e. The van der Waals surface area contributed by atoms with Gasteiger partial charge in [0.15, 0.2) is 6.61 Å². The molecule has 0 aliphatic rings. The second-order valence-corrected chi connectivity index (χ2v) is 5.09. The maximum Gasteiger partial charge on any atom is 0.341 e. The quantitative estimate of drug-likeness (QED) is 0.501. The summed E-state index contributed by atoms with van der Waals surface area (Å²) in [4.78, 5) is 23.1. The topological polar surface area (TPSA) is 87.4 Å². The molecular formula is C19H15NO4. The Labute approximate surface area is 139 Å². The molecular weight excluding hydrogens is 306 g/mol. The molecule has 5 heteroatoms. The van der Waals surface area contributed by atoms with Crippen molar-refractivity contribution in [3.63, 3.8) is 0 Å². The molecule has 24 heavy (non-hydrogen) atoms. The molecule has 5 nitrogen and oxygen atoms in total. The number of Topliss-reactive ketones (excluding diaryl/α,β-unsaturated/α-hetero) is 1. The monoisotopic (exact) mass is 321 g/mol. The Morgan fingerprint density at radius 1 is 1.21 bits per heavy atom. The fraction of sp³-hybridized carbons (Fsp3) is 0.105. The predicted molar refractivity (Wildman–Crippen MR) is 88.7 cm³/mol. The molecule has 0 aliphatic carbocycles. The molecule has 0 saturated carbocycles. The number of hydrogen-bond acceptors (Lipinski definition) is 4. The highest BCUT2D eigenvalue weighted by Crippen LogP contribution is 2.22. The number of aliphatic carboxylic acids is 1. The number of para-hydroxylation sites is 1. The van der Waals surface area contributed by atoms with Gasteiger partial charge in [-0.2, -0.15) is 5.26 Å². The van der Waals surface area contributed by atoms with Gasteiger partial charge in [-0.1, -0.05) is 42.0 Å². The van der Waals surface area contributed by atoms with Gasteiger partial charge >= 0.3 is 5.97 Å². The summed E-state index contributed by atoms with van der Waals surface area (Å²) in [6.45, 7) is 1.36. The van der Waals surface area contributed by atoms with Crippen molar-refractivity contribution in [3.8, 4) is 11.8 Å². The molecule has 0 saturated heterocycles. The number of carbonyl (C=O) groups is 2. The molecule has 0 unspecified atom stereocenters. The molecule has 0 radical (unpaired) electrons. The van der Waals surface area contributed by atoms with Crippen LogP contribution in [0.3, 0.4) is 0 Å². The normalized spacial score (nSPS) is 10.8. The summed E-state index contributed by atoms with van der Waals surface area (Å²) in [6, 6.07) is 15.5. The zero-order valence-corrected chi connectivity index (χ0v) is 13.0. The van der Waals surface area contributed by atoms with Crippen molar-refractivity contribution in [1.29, 1.82) is 5.26 Å². The van der Waals surface area contributed by atoms with E-state index >= 15 is 0 Å². The molecule has 2 aromatic carbocycles. The summed E-state index contributed by atoms with van der Waals surface area (Å²) in [5.74, 6) is -1.20. The van der Waals surface area contributed by atoms with Crippen LogP contribution in [0.15, 0.2) is 54.1 Å². The minimum atomic E-state index is -1.11. The summed E-state index contributed by atoms with van der Waals surface area (Å²) in [5, 5.41) is 18.0. The Morgan fingerprint density at radius 2 is 1.96 bits per heavy atom. The van der Waals surface area contributed by atoms with E-state index in [2.05, 4.69) is 0 Å². The van der Waals surface area contributed by atoms with Crippen molar-refractivity contribution in [2.45, 2.75) is 6.92 Å². The van der Waals surface area contributed by atoms with E-state index in [1.54, 1.807) is 42.5 Å². The molecule has 0 aromatic heterocycles. The van der Waals surface area contributed by atoms with Crippen LogP contribution in [0.1, 0.15) is 21.5 Å². The molecule has 0 aliphatic heterocycles. The van der Waals surface area contributed by atoms with Crippen LogP contribution in [0.25, 0.3) is 6.08 Å². The highest BCUT2D eigenvalue weighted by Gasteiger charge is 2.13. The maximum absolute atomic E-state index is 12.5. The first-order valence-electron chi connectivity index (χ1n) is 7.18. The van der Waals surface area contributed by atoms with Gasteiger partial charge in [-0.15, -0.1) is 0 Å². The van der Waals surface area contributed by atoms with Gasteiger partial charge in [0, 0.05) is 11.1 Å². The summed E-state index contributed by atoms with van der Waals surface area (Å²) in [7, 11) is 0. The van der Waals surface area contributed by atoms with Crippen molar-refractivity contribution in [2.24, 2.45) is 0 Å². The van der Waals surface area contributed by atoms with Gasteiger partial charge < -0.3 is 9.84 Å². The van der Waals surface area contributed by atoms with Crippen LogP contribution < -0.4 is 4.74 Å². The van der Waals surface area contributed by atoms with Crippen LogP contribution in [-0.4, -0.2) is 23.5 Å². The number of nitrogens with zero attached hydrogens (tertiary/aromatic N) is 1. The molecule has 0 bridgehead atoms. The number of nitriles is 1. The largest absolute Gasteiger partial charge is 0.481 e. The van der Waals surface area contributed by atoms with Crippen LogP contribution in [0.4, 0.5) is 0 Å². The van der Waals surface area contributed by atoms with E-state index in [0.29, 0.717) is 16.9 Å². The SMILES string of the molecule is Cc1cccc(C(=O)/C(C#N)=C/c2ccccc2OCC(=O)O)c1. The van der Waals surface area contributed by atoms with E-state index in [9.17, 15) is 14.9 Å². The lowest BCUT2D eigenvalue weighted by Crippen LogP contribution is -2.10. The van der Waals surface area contributed by atoms with E-state index in [0.717, 1.165) is 5.56 Å². The Bertz CT molecular complexity index is 846. The lowest BCUT2D eigenvalue weighted by molar-refractivity contribution is -0.139. The molecule has 1 N–H and O–H groups in total. The molecule has 0 atom stereocenters. The number of benzene rings is 2. The first kappa shape index (κ1) is 17.0. The molecule has 0 heterocycles. The molecule has 120 valence electrons. The number of carboxylic acids is 1. The minimum Gasteiger partial charge on any atom is -0.481 e. The van der Waals surface area contributed by atoms with E-state index < -0.39 is 18.4 Å². The van der Waals surface area contributed by atoms with Crippen LogP contribution in [-0.2, 0) is 4.79 Å². The van der Waals surface area contributed by atoms with E-state index in [-0.39, 0.29) is 5.57 Å². The third kappa shape index (κ3) is 4.31. The Kier molecular flexibility index (Phi) is 5.48. The number of rotatable bonds is 6. The highest BCUT2D eigenvalue weighted by molar-refractivity contribution is 6.14. The van der Waals surface area contributed by atoms with Crippen LogP contribution >= 0.6 is 0 Å². The number of ether oxygens (including phenoxy) is 1. The average Bonchev–Trinajstić information content (AvgIpc) is 2.58. The fourth-order valence-corrected chi connectivity index (χ4v) is 2.12. The minimum absolute atomic E-state index is 0.0491. The summed E-state index contributed by atoms with van der Waals surface area (Å²) >= 11 is 0. The third-order valence-electron chi connectivity index (χ3n) is 3.22. The van der Waals surface area contributed by atoms with Crippen molar-refractivity contribution in [3.05, 3.63) is 70.8 Å². The fourth-order valence-electron chi connectivity index (χ4n) is 2.12. The van der Waals surface area contributed by atoms with Gasteiger partial charge in [-0.05, 0) is 25.1 Å². The maximum atomic E-state index is 12.5. The second-order valence-electron chi connectivity index (χ2n) is 5.09. The van der Waals surface area contributed by atoms with Gasteiger partial charge in [0.25, 0.3) is 0 Å². The van der Waals surface area contributed by atoms with E-state index in [1.807, 2.05) is 19.1 Å². The van der Waals surface area contributed by atoms with Crippen molar-refractivity contribution in [2.75, 3.05) is 6.61 Å². The highest BCUT2D eigenvalue weighted by atomic mass is 16.5. The van der Waals surface area contributed by atoms with Crippen LogP contribution in [0, 0.1) is 18.3 Å². The average molecular weight is 321 g/mol. The zero-order chi connectivity index (χ0) is 17.5. The van der Waals surface area contributed by atoms with E-state index in [4.69, 9.17) is 9.84 Å². The molecule has 2 rings (SSSR count). The number of carbonyl (C=O) groups excluding carboxylic acids is 1.